The number of hydrogen-bond acceptors (Lipinski definition) is 3. The van der Waals surface area contributed by atoms with Gasteiger partial charge in [0, 0.05) is 37.4 Å². The van der Waals surface area contributed by atoms with Crippen molar-refractivity contribution in [1.29, 1.82) is 0 Å². The van der Waals surface area contributed by atoms with Crippen molar-refractivity contribution in [1.82, 2.24) is 14.4 Å². The maximum Gasteiger partial charge on any atom is 0.242 e. The third kappa shape index (κ3) is 11.1. The summed E-state index contributed by atoms with van der Waals surface area (Å²) >= 11 is 0. The van der Waals surface area contributed by atoms with Crippen LogP contribution >= 0.6 is 0 Å². The zero-order chi connectivity index (χ0) is 29.0. The van der Waals surface area contributed by atoms with Gasteiger partial charge in [-0.05, 0) is 67.3 Å². The molecule has 0 aliphatic carbocycles. The minimum Gasteiger partial charge on any atom is -0.497 e. The van der Waals surface area contributed by atoms with E-state index in [0.717, 1.165) is 49.1 Å². The van der Waals surface area contributed by atoms with Crippen LogP contribution in [0.5, 0.6) is 5.75 Å². The van der Waals surface area contributed by atoms with Crippen LogP contribution in [0.2, 0.25) is 0 Å². The van der Waals surface area contributed by atoms with Gasteiger partial charge in [0.1, 0.15) is 5.75 Å². The summed E-state index contributed by atoms with van der Waals surface area (Å²) in [5.41, 5.74) is 2.40. The first-order valence-electron chi connectivity index (χ1n) is 14.8. The van der Waals surface area contributed by atoms with Gasteiger partial charge >= 0.3 is 0 Å². The van der Waals surface area contributed by atoms with E-state index in [4.69, 9.17) is 4.74 Å². The first-order valence-corrected chi connectivity index (χ1v) is 14.8. The second kappa shape index (κ2) is 15.7. The van der Waals surface area contributed by atoms with Crippen LogP contribution in [0.3, 0.4) is 0 Å². The molecular weight excluding hydrogens is 486 g/mol. The number of aromatic nitrogens is 1. The van der Waals surface area contributed by atoms with Gasteiger partial charge in [0.25, 0.3) is 0 Å². The molecule has 0 aliphatic heterocycles. The number of carbonyl (C=O) groups excluding carboxylic acids is 2. The summed E-state index contributed by atoms with van der Waals surface area (Å²) in [5.74, 6) is 1.24. The Morgan fingerprint density at radius 3 is 2.41 bits per heavy atom. The van der Waals surface area contributed by atoms with Gasteiger partial charge in [-0.3, -0.25) is 9.59 Å². The molecule has 0 radical (unpaired) electrons. The zero-order valence-electron chi connectivity index (χ0n) is 25.8. The van der Waals surface area contributed by atoms with Crippen molar-refractivity contribution in [2.24, 2.45) is 11.3 Å². The molecule has 2 atom stereocenters. The van der Waals surface area contributed by atoms with E-state index in [1.54, 1.807) is 7.11 Å². The summed E-state index contributed by atoms with van der Waals surface area (Å²) < 4.78 is 7.58. The lowest BCUT2D eigenvalue weighted by Crippen LogP contribution is -2.46. The van der Waals surface area contributed by atoms with E-state index in [-0.39, 0.29) is 35.7 Å². The summed E-state index contributed by atoms with van der Waals surface area (Å²) in [4.78, 5) is 31.0. The Labute approximate surface area is 237 Å². The topological polar surface area (TPSA) is 54.8 Å². The van der Waals surface area contributed by atoms with Crippen LogP contribution < -0.4 is 4.74 Å². The fourth-order valence-corrected chi connectivity index (χ4v) is 5.24. The van der Waals surface area contributed by atoms with Crippen LogP contribution in [0.1, 0.15) is 98.2 Å². The minimum absolute atomic E-state index is 0.0202. The van der Waals surface area contributed by atoms with Crippen molar-refractivity contribution in [2.75, 3.05) is 20.2 Å². The molecule has 0 saturated carbocycles. The molecule has 6 nitrogen and oxygen atoms in total. The Balaban J connectivity index is 2.18. The number of benzene rings is 1. The van der Waals surface area contributed by atoms with Crippen molar-refractivity contribution in [3.63, 3.8) is 0 Å². The van der Waals surface area contributed by atoms with Crippen molar-refractivity contribution >= 4 is 11.8 Å². The number of carbonyl (C=O) groups is 2. The highest BCUT2D eigenvalue weighted by molar-refractivity contribution is 5.85. The molecule has 0 bridgehead atoms. The average Bonchev–Trinajstić information content (AvgIpc) is 3.31. The monoisotopic (exact) mass is 539 g/mol. The van der Waals surface area contributed by atoms with Gasteiger partial charge in [-0.1, -0.05) is 66.5 Å². The van der Waals surface area contributed by atoms with Crippen molar-refractivity contribution < 1.29 is 14.3 Å². The number of rotatable bonds is 16. The van der Waals surface area contributed by atoms with Gasteiger partial charge in [-0.15, -0.1) is 0 Å². The standard InChI is InChI=1S/C33H53N3O3/c1-9-11-12-18-35(31(37)20-26(3)22-33(5,6)7)25-32(38)36(27(4)10-2)24-29-16-14-19-34(29)23-28-15-13-17-30(21-28)39-8/h13-17,19,21,26-27H,9-12,18,20,22-25H2,1-8H3. The van der Waals surface area contributed by atoms with Crippen LogP contribution in [0.15, 0.2) is 42.6 Å². The summed E-state index contributed by atoms with van der Waals surface area (Å²) in [5, 5.41) is 0. The van der Waals surface area contributed by atoms with Crippen molar-refractivity contribution in [3.05, 3.63) is 53.9 Å². The average molecular weight is 540 g/mol. The normalized spacial score (nSPS) is 13.1. The van der Waals surface area contributed by atoms with E-state index in [1.165, 1.54) is 0 Å². The Bertz CT molecular complexity index is 1020. The predicted octanol–water partition coefficient (Wildman–Crippen LogP) is 7.15. The number of hydrogen-bond donors (Lipinski definition) is 0. The number of ether oxygens (including phenoxy) is 1. The van der Waals surface area contributed by atoms with Crippen LogP contribution in [0.25, 0.3) is 0 Å². The van der Waals surface area contributed by atoms with E-state index in [2.05, 4.69) is 71.4 Å². The smallest absolute Gasteiger partial charge is 0.242 e. The van der Waals surface area contributed by atoms with Gasteiger partial charge < -0.3 is 19.1 Å². The fourth-order valence-electron chi connectivity index (χ4n) is 5.24. The van der Waals surface area contributed by atoms with Crippen LogP contribution in [-0.2, 0) is 22.7 Å². The van der Waals surface area contributed by atoms with Gasteiger partial charge in [0.2, 0.25) is 11.8 Å². The molecule has 2 amide bonds. The lowest BCUT2D eigenvalue weighted by Gasteiger charge is -2.32. The highest BCUT2D eigenvalue weighted by Gasteiger charge is 2.26. The Hall–Kier alpha value is -2.76. The largest absolute Gasteiger partial charge is 0.497 e. The summed E-state index contributed by atoms with van der Waals surface area (Å²) in [6, 6.07) is 12.3. The SMILES string of the molecule is CCCCCN(CC(=O)N(Cc1cccn1Cc1cccc(OC)c1)C(C)CC)C(=O)CC(C)CC(C)(C)C. The van der Waals surface area contributed by atoms with Crippen LogP contribution in [-0.4, -0.2) is 52.4 Å². The van der Waals surface area contributed by atoms with E-state index in [0.29, 0.717) is 26.1 Å². The summed E-state index contributed by atoms with van der Waals surface area (Å²) in [6.45, 7) is 17.2. The Morgan fingerprint density at radius 2 is 1.77 bits per heavy atom. The molecule has 39 heavy (non-hydrogen) atoms. The lowest BCUT2D eigenvalue weighted by molar-refractivity contribution is -0.142. The number of methoxy groups -OCH3 is 1. The first kappa shape index (κ1) is 32.5. The molecule has 2 rings (SSSR count). The maximum absolute atomic E-state index is 13.8. The molecule has 2 unspecified atom stereocenters. The molecule has 0 saturated heterocycles. The summed E-state index contributed by atoms with van der Waals surface area (Å²) in [6.07, 6.45) is 7.46. The molecule has 1 aromatic heterocycles. The Kier molecular flexibility index (Phi) is 13.1. The fraction of sp³-hybridized carbons (Fsp3) is 0.636. The second-order valence-corrected chi connectivity index (χ2v) is 12.4. The van der Waals surface area contributed by atoms with Gasteiger partial charge in [-0.25, -0.2) is 0 Å². The van der Waals surface area contributed by atoms with E-state index in [1.807, 2.05) is 34.1 Å². The molecule has 1 aromatic carbocycles. The van der Waals surface area contributed by atoms with Gasteiger partial charge in [0.05, 0.1) is 20.2 Å². The molecule has 0 fully saturated rings. The molecule has 6 heteroatoms. The number of unbranched alkanes of at least 4 members (excludes halogenated alkanes) is 2. The van der Waals surface area contributed by atoms with Gasteiger partial charge in [0.15, 0.2) is 0 Å². The van der Waals surface area contributed by atoms with Gasteiger partial charge in [-0.2, -0.15) is 0 Å². The zero-order valence-corrected chi connectivity index (χ0v) is 25.8. The van der Waals surface area contributed by atoms with E-state index < -0.39 is 0 Å². The van der Waals surface area contributed by atoms with Crippen LogP contribution in [0.4, 0.5) is 0 Å². The molecule has 0 spiro atoms. The third-order valence-corrected chi connectivity index (χ3v) is 7.38. The number of amides is 2. The minimum atomic E-state index is 0.0202. The molecule has 0 N–H and O–H groups in total. The second-order valence-electron chi connectivity index (χ2n) is 12.4. The maximum atomic E-state index is 13.8. The van der Waals surface area contributed by atoms with E-state index >= 15 is 0 Å². The first-order chi connectivity index (χ1) is 18.5. The molecule has 2 aromatic rings. The van der Waals surface area contributed by atoms with E-state index in [9.17, 15) is 9.59 Å². The van der Waals surface area contributed by atoms with Crippen molar-refractivity contribution in [2.45, 2.75) is 106 Å². The summed E-state index contributed by atoms with van der Waals surface area (Å²) in [7, 11) is 1.68. The molecule has 218 valence electrons. The number of nitrogens with zero attached hydrogens (tertiary/aromatic N) is 3. The highest BCUT2D eigenvalue weighted by Crippen LogP contribution is 2.26. The highest BCUT2D eigenvalue weighted by atomic mass is 16.5. The molecule has 1 heterocycles. The molecular formula is C33H53N3O3. The molecule has 0 aliphatic rings. The third-order valence-electron chi connectivity index (χ3n) is 7.38. The lowest BCUT2D eigenvalue weighted by atomic mass is 9.84. The van der Waals surface area contributed by atoms with Crippen LogP contribution in [0, 0.1) is 11.3 Å². The van der Waals surface area contributed by atoms with Crippen molar-refractivity contribution in [3.8, 4) is 5.75 Å². The Morgan fingerprint density at radius 1 is 1.03 bits per heavy atom. The predicted molar refractivity (Wildman–Crippen MR) is 161 cm³/mol. The quantitative estimate of drug-likeness (QED) is 0.213.